The maximum Gasteiger partial charge on any atom is 0.00129 e. The molecule has 3 aliphatic rings. The van der Waals surface area contributed by atoms with Crippen LogP contribution >= 0.6 is 0 Å². The lowest BCUT2D eigenvalue weighted by molar-refractivity contribution is 0.409. The van der Waals surface area contributed by atoms with Gasteiger partial charge in [0.1, 0.15) is 0 Å². The predicted octanol–water partition coefficient (Wildman–Crippen LogP) is 2.51. The predicted molar refractivity (Wildman–Crippen MR) is 37.1 cm³/mol. The summed E-state index contributed by atoms with van der Waals surface area (Å²) >= 11 is 0. The molecule has 0 heterocycles. The Morgan fingerprint density at radius 2 is 2.00 bits per heavy atom. The zero-order valence-corrected chi connectivity index (χ0v) is 5.69. The van der Waals surface area contributed by atoms with Gasteiger partial charge in [0.15, 0.2) is 0 Å². The van der Waals surface area contributed by atoms with Gasteiger partial charge in [-0.15, -0.1) is 0 Å². The monoisotopic (exact) mass is 120 g/mol. The molecule has 0 aliphatic heterocycles. The summed E-state index contributed by atoms with van der Waals surface area (Å²) in [4.78, 5) is 0. The lowest BCUT2D eigenvalue weighted by atomic mass is 9.87. The Morgan fingerprint density at radius 3 is 2.89 bits per heavy atom. The van der Waals surface area contributed by atoms with Crippen LogP contribution in [0.25, 0.3) is 0 Å². The molecule has 2 bridgehead atoms. The van der Waals surface area contributed by atoms with Crippen LogP contribution in [-0.2, 0) is 0 Å². The van der Waals surface area contributed by atoms with Gasteiger partial charge in [-0.05, 0) is 38.0 Å². The first-order valence-electron chi connectivity index (χ1n) is 4.17. The number of rotatable bonds is 0. The molecule has 0 aromatic heterocycles. The lowest BCUT2D eigenvalue weighted by Gasteiger charge is -2.18. The van der Waals surface area contributed by atoms with Crippen LogP contribution in [0.15, 0.2) is 11.1 Å². The first kappa shape index (κ1) is 4.54. The van der Waals surface area contributed by atoms with Crippen molar-refractivity contribution in [1.29, 1.82) is 0 Å². The summed E-state index contributed by atoms with van der Waals surface area (Å²) in [5, 5.41) is 0. The minimum Gasteiger partial charge on any atom is -0.0632 e. The molecule has 0 aromatic rings. The molecule has 1 saturated carbocycles. The molecular formula is C9H12. The average Bonchev–Trinajstić information content (AvgIpc) is 2.62. The normalized spacial score (nSPS) is 45.3. The van der Waals surface area contributed by atoms with Gasteiger partial charge in [-0.25, -0.2) is 0 Å². The second kappa shape index (κ2) is 1.25. The highest BCUT2D eigenvalue weighted by atomic mass is 14.5. The van der Waals surface area contributed by atoms with E-state index in [9.17, 15) is 0 Å². The summed E-state index contributed by atoms with van der Waals surface area (Å²) in [6.07, 6.45) is 7.56. The molecule has 0 nitrogen and oxygen atoms in total. The van der Waals surface area contributed by atoms with E-state index in [4.69, 9.17) is 0 Å². The Bertz CT molecular complexity index is 182. The molecule has 2 atom stereocenters. The van der Waals surface area contributed by atoms with Gasteiger partial charge < -0.3 is 0 Å². The molecule has 0 unspecified atom stereocenters. The highest BCUT2D eigenvalue weighted by Gasteiger charge is 2.43. The number of allylic oxidation sites excluding steroid dienone is 2. The van der Waals surface area contributed by atoms with Gasteiger partial charge in [-0.1, -0.05) is 11.1 Å². The van der Waals surface area contributed by atoms with Gasteiger partial charge in [0, 0.05) is 5.92 Å². The third-order valence-corrected chi connectivity index (χ3v) is 3.36. The van der Waals surface area contributed by atoms with Gasteiger partial charge in [-0.2, -0.15) is 0 Å². The van der Waals surface area contributed by atoms with Gasteiger partial charge in [-0.3, -0.25) is 0 Å². The van der Waals surface area contributed by atoms with Crippen LogP contribution in [0.4, 0.5) is 0 Å². The van der Waals surface area contributed by atoms with E-state index in [1.165, 1.54) is 32.1 Å². The molecule has 0 radical (unpaired) electrons. The summed E-state index contributed by atoms with van der Waals surface area (Å²) in [5.41, 5.74) is 3.77. The molecule has 0 aromatic carbocycles. The Kier molecular flexibility index (Phi) is 0.633. The van der Waals surface area contributed by atoms with E-state index in [0.29, 0.717) is 0 Å². The average molecular weight is 120 g/mol. The molecule has 0 spiro atoms. The highest BCUT2D eigenvalue weighted by molar-refractivity contribution is 5.44. The van der Waals surface area contributed by atoms with Gasteiger partial charge in [0.25, 0.3) is 0 Å². The van der Waals surface area contributed by atoms with E-state index >= 15 is 0 Å². The maximum absolute atomic E-state index is 1.89. The third kappa shape index (κ3) is 0.452. The summed E-state index contributed by atoms with van der Waals surface area (Å²) in [5.74, 6) is 2.17. The van der Waals surface area contributed by atoms with Crippen LogP contribution in [0.5, 0.6) is 0 Å². The van der Waals surface area contributed by atoms with Crippen molar-refractivity contribution in [3.8, 4) is 0 Å². The topological polar surface area (TPSA) is 0 Å². The van der Waals surface area contributed by atoms with E-state index in [2.05, 4.69) is 0 Å². The summed E-state index contributed by atoms with van der Waals surface area (Å²) < 4.78 is 0. The summed E-state index contributed by atoms with van der Waals surface area (Å²) in [6.45, 7) is 0. The zero-order chi connectivity index (χ0) is 5.84. The first-order valence-corrected chi connectivity index (χ1v) is 4.17. The van der Waals surface area contributed by atoms with Gasteiger partial charge >= 0.3 is 0 Å². The smallest absolute Gasteiger partial charge is 0.00129 e. The summed E-state index contributed by atoms with van der Waals surface area (Å²) in [7, 11) is 0. The quantitative estimate of drug-likeness (QED) is 0.431. The van der Waals surface area contributed by atoms with E-state index in [1.54, 1.807) is 0 Å². The van der Waals surface area contributed by atoms with E-state index < -0.39 is 0 Å². The number of fused-ring (bicyclic) bond motifs is 2. The fourth-order valence-electron chi connectivity index (χ4n) is 2.76. The van der Waals surface area contributed by atoms with E-state index in [1.807, 2.05) is 11.1 Å². The Balaban J connectivity index is 2.01. The largest absolute Gasteiger partial charge is 0.0632 e. The van der Waals surface area contributed by atoms with Crippen molar-refractivity contribution in [2.24, 2.45) is 11.8 Å². The van der Waals surface area contributed by atoms with Crippen molar-refractivity contribution in [3.63, 3.8) is 0 Å². The molecular weight excluding hydrogens is 108 g/mol. The number of hydrogen-bond acceptors (Lipinski definition) is 0. The summed E-state index contributed by atoms with van der Waals surface area (Å²) in [6, 6.07) is 0. The second-order valence-corrected chi connectivity index (χ2v) is 3.79. The van der Waals surface area contributed by atoms with Crippen LogP contribution in [0.1, 0.15) is 32.1 Å². The molecule has 48 valence electrons. The molecule has 9 heavy (non-hydrogen) atoms. The first-order chi connectivity index (χ1) is 4.45. The maximum atomic E-state index is 1.89. The molecule has 0 heteroatoms. The second-order valence-electron chi connectivity index (χ2n) is 3.79. The van der Waals surface area contributed by atoms with Crippen LogP contribution in [0, 0.1) is 11.8 Å². The standard InChI is InChI=1S/C9H12/c1-3-7-8-4-2-6(1)5-9(7)8/h6-7H,1-5H2/t6-,7-/m1/s1. The lowest BCUT2D eigenvalue weighted by Crippen LogP contribution is -2.05. The van der Waals surface area contributed by atoms with Crippen molar-refractivity contribution in [2.45, 2.75) is 32.1 Å². The molecule has 1 fully saturated rings. The molecule has 0 saturated heterocycles. The van der Waals surface area contributed by atoms with Crippen LogP contribution in [-0.4, -0.2) is 0 Å². The minimum atomic E-state index is 1.06. The van der Waals surface area contributed by atoms with Crippen molar-refractivity contribution in [2.75, 3.05) is 0 Å². The van der Waals surface area contributed by atoms with Crippen LogP contribution in [0.2, 0.25) is 0 Å². The van der Waals surface area contributed by atoms with Crippen molar-refractivity contribution >= 4 is 0 Å². The Morgan fingerprint density at radius 1 is 1.00 bits per heavy atom. The zero-order valence-electron chi connectivity index (χ0n) is 5.69. The van der Waals surface area contributed by atoms with Crippen molar-refractivity contribution < 1.29 is 0 Å². The van der Waals surface area contributed by atoms with Crippen molar-refractivity contribution in [1.82, 2.24) is 0 Å². The SMILES string of the molecule is C1C[C@H]2CC[C@@H]3C1=C3C2. The number of hydrogen-bond donors (Lipinski definition) is 0. The molecule has 0 N–H and O–H groups in total. The van der Waals surface area contributed by atoms with E-state index in [0.717, 1.165) is 11.8 Å². The molecule has 0 amide bonds. The Hall–Kier alpha value is -0.260. The third-order valence-electron chi connectivity index (χ3n) is 3.36. The molecule has 3 rings (SSSR count). The fourth-order valence-corrected chi connectivity index (χ4v) is 2.76. The van der Waals surface area contributed by atoms with Crippen LogP contribution in [0.3, 0.4) is 0 Å². The van der Waals surface area contributed by atoms with Gasteiger partial charge in [0.05, 0.1) is 0 Å². The van der Waals surface area contributed by atoms with Crippen molar-refractivity contribution in [3.05, 3.63) is 11.1 Å². The molecule has 3 aliphatic carbocycles. The highest BCUT2D eigenvalue weighted by Crippen LogP contribution is 2.58. The minimum absolute atomic E-state index is 1.06. The fraction of sp³-hybridized carbons (Fsp3) is 0.778. The van der Waals surface area contributed by atoms with E-state index in [-0.39, 0.29) is 0 Å². The Labute approximate surface area is 56.0 Å². The van der Waals surface area contributed by atoms with Gasteiger partial charge in [0.2, 0.25) is 0 Å². The van der Waals surface area contributed by atoms with Crippen LogP contribution < -0.4 is 0 Å².